The predicted molar refractivity (Wildman–Crippen MR) is 84.7 cm³/mol. The molecule has 23 heavy (non-hydrogen) atoms. The van der Waals surface area contributed by atoms with Crippen molar-refractivity contribution in [1.29, 1.82) is 0 Å². The summed E-state index contributed by atoms with van der Waals surface area (Å²) in [5, 5.41) is 1.67. The molecule has 0 N–H and O–H groups in total. The largest absolute Gasteiger partial charge is 0.494 e. The third kappa shape index (κ3) is 6.72. The third-order valence-corrected chi connectivity index (χ3v) is 3.15. The Morgan fingerprint density at radius 3 is 2.00 bits per heavy atom. The van der Waals surface area contributed by atoms with Gasteiger partial charge in [0, 0.05) is 0 Å². The molecule has 1 aliphatic heterocycles. The van der Waals surface area contributed by atoms with Crippen LogP contribution in [0.1, 0.15) is 0 Å². The summed E-state index contributed by atoms with van der Waals surface area (Å²) < 4.78 is 27.2. The van der Waals surface area contributed by atoms with Crippen molar-refractivity contribution >= 4 is 5.69 Å². The summed E-state index contributed by atoms with van der Waals surface area (Å²) in [6.07, 6.45) is 0. The molecule has 0 bridgehead atoms. The second kappa shape index (κ2) is 11.2. The number of rotatable bonds is 2. The molecule has 1 saturated heterocycles. The second-order valence-corrected chi connectivity index (χ2v) is 4.76. The highest BCUT2D eigenvalue weighted by Crippen LogP contribution is 2.27. The number of nitrogens with zero attached hydrogens (tertiary/aromatic N) is 1. The minimum Gasteiger partial charge on any atom is -0.494 e. The molecule has 0 spiro atoms. The van der Waals surface area contributed by atoms with E-state index in [2.05, 4.69) is 0 Å². The molecule has 0 radical (unpaired) electrons. The van der Waals surface area contributed by atoms with Crippen LogP contribution in [0.3, 0.4) is 0 Å². The second-order valence-electron chi connectivity index (χ2n) is 4.76. The molecule has 130 valence electrons. The maximum atomic E-state index is 5.77. The molecule has 7 nitrogen and oxygen atoms in total. The van der Waals surface area contributed by atoms with Gasteiger partial charge in [-0.15, -0.1) is 0 Å². The molecule has 0 amide bonds. The number of para-hydroxylation sites is 2. The SMILES string of the molecule is COc1ccccc1N1COCCOCCOCCOCCO1. The van der Waals surface area contributed by atoms with Gasteiger partial charge in [-0.2, -0.15) is 0 Å². The van der Waals surface area contributed by atoms with E-state index in [1.165, 1.54) is 0 Å². The van der Waals surface area contributed by atoms with Crippen LogP contribution >= 0.6 is 0 Å². The zero-order chi connectivity index (χ0) is 16.2. The number of anilines is 1. The smallest absolute Gasteiger partial charge is 0.144 e. The molecule has 0 unspecified atom stereocenters. The Morgan fingerprint density at radius 2 is 1.35 bits per heavy atom. The molecule has 0 aliphatic carbocycles. The van der Waals surface area contributed by atoms with Crippen LogP contribution in [0.15, 0.2) is 24.3 Å². The Bertz CT molecular complexity index is 415. The van der Waals surface area contributed by atoms with E-state index in [0.29, 0.717) is 52.9 Å². The normalized spacial score (nSPS) is 19.6. The van der Waals surface area contributed by atoms with Crippen molar-refractivity contribution in [2.75, 3.05) is 71.8 Å². The van der Waals surface area contributed by atoms with Crippen molar-refractivity contribution in [3.05, 3.63) is 24.3 Å². The number of ether oxygens (including phenoxy) is 5. The first kappa shape index (κ1) is 18.0. The Morgan fingerprint density at radius 1 is 0.783 bits per heavy atom. The average molecular weight is 327 g/mol. The zero-order valence-corrected chi connectivity index (χ0v) is 13.6. The minimum absolute atomic E-state index is 0.278. The first-order valence-corrected chi connectivity index (χ1v) is 7.76. The first-order chi connectivity index (χ1) is 11.4. The van der Waals surface area contributed by atoms with Crippen LogP contribution < -0.4 is 9.80 Å². The number of methoxy groups -OCH3 is 1. The highest BCUT2D eigenvalue weighted by Gasteiger charge is 2.13. The summed E-state index contributed by atoms with van der Waals surface area (Å²) in [5.41, 5.74) is 0.809. The fourth-order valence-corrected chi connectivity index (χ4v) is 2.03. The summed E-state index contributed by atoms with van der Waals surface area (Å²) >= 11 is 0. The maximum Gasteiger partial charge on any atom is 0.144 e. The van der Waals surface area contributed by atoms with Gasteiger partial charge in [0.15, 0.2) is 0 Å². The van der Waals surface area contributed by atoms with Gasteiger partial charge in [-0.05, 0) is 12.1 Å². The quantitative estimate of drug-likeness (QED) is 0.815. The van der Waals surface area contributed by atoms with Crippen molar-refractivity contribution in [2.24, 2.45) is 0 Å². The van der Waals surface area contributed by atoms with Gasteiger partial charge >= 0.3 is 0 Å². The van der Waals surface area contributed by atoms with Crippen LogP contribution in [0.2, 0.25) is 0 Å². The van der Waals surface area contributed by atoms with Crippen LogP contribution in [-0.4, -0.2) is 66.7 Å². The van der Waals surface area contributed by atoms with Crippen molar-refractivity contribution in [3.63, 3.8) is 0 Å². The highest BCUT2D eigenvalue weighted by molar-refractivity contribution is 5.56. The standard InChI is InChI=1S/C16H25NO6/c1-18-16-5-3-2-4-15(16)17-14-22-11-10-20-7-6-19-8-9-21-12-13-23-17/h2-5H,6-14H2,1H3. The first-order valence-electron chi connectivity index (χ1n) is 7.76. The topological polar surface area (TPSA) is 58.6 Å². The molecule has 1 heterocycles. The Hall–Kier alpha value is -1.38. The van der Waals surface area contributed by atoms with Gasteiger partial charge in [0.1, 0.15) is 18.2 Å². The van der Waals surface area contributed by atoms with E-state index in [1.807, 2.05) is 24.3 Å². The van der Waals surface area contributed by atoms with E-state index in [1.54, 1.807) is 12.2 Å². The van der Waals surface area contributed by atoms with Crippen molar-refractivity contribution < 1.29 is 28.5 Å². The van der Waals surface area contributed by atoms with E-state index in [0.717, 1.165) is 11.4 Å². The molecule has 0 aromatic heterocycles. The van der Waals surface area contributed by atoms with Gasteiger partial charge in [-0.1, -0.05) is 12.1 Å². The molecular weight excluding hydrogens is 302 g/mol. The lowest BCUT2D eigenvalue weighted by molar-refractivity contribution is -0.0159. The van der Waals surface area contributed by atoms with Gasteiger partial charge in [0.05, 0.1) is 60.0 Å². The number of benzene rings is 1. The lowest BCUT2D eigenvalue weighted by Crippen LogP contribution is -2.29. The Kier molecular flexibility index (Phi) is 8.75. The predicted octanol–water partition coefficient (Wildman–Crippen LogP) is 1.47. The summed E-state index contributed by atoms with van der Waals surface area (Å²) in [7, 11) is 1.63. The van der Waals surface area contributed by atoms with Crippen molar-refractivity contribution in [2.45, 2.75) is 0 Å². The van der Waals surface area contributed by atoms with Gasteiger partial charge in [0.25, 0.3) is 0 Å². The van der Waals surface area contributed by atoms with E-state index >= 15 is 0 Å². The van der Waals surface area contributed by atoms with Crippen LogP contribution in [0.4, 0.5) is 5.69 Å². The van der Waals surface area contributed by atoms with E-state index in [-0.39, 0.29) is 6.73 Å². The van der Waals surface area contributed by atoms with Crippen molar-refractivity contribution in [3.8, 4) is 5.75 Å². The van der Waals surface area contributed by atoms with E-state index < -0.39 is 0 Å². The monoisotopic (exact) mass is 327 g/mol. The van der Waals surface area contributed by atoms with Gasteiger partial charge < -0.3 is 23.7 Å². The fourth-order valence-electron chi connectivity index (χ4n) is 2.03. The zero-order valence-electron chi connectivity index (χ0n) is 13.6. The lowest BCUT2D eigenvalue weighted by Gasteiger charge is -2.25. The fraction of sp³-hybridized carbons (Fsp3) is 0.625. The highest BCUT2D eigenvalue weighted by atomic mass is 16.7. The van der Waals surface area contributed by atoms with Crippen LogP contribution in [0, 0.1) is 0 Å². The maximum absolute atomic E-state index is 5.77. The Balaban J connectivity index is 1.94. The van der Waals surface area contributed by atoms with E-state index in [4.69, 9.17) is 28.5 Å². The minimum atomic E-state index is 0.278. The van der Waals surface area contributed by atoms with Crippen LogP contribution in [0.25, 0.3) is 0 Å². The lowest BCUT2D eigenvalue weighted by atomic mass is 10.3. The van der Waals surface area contributed by atoms with Crippen molar-refractivity contribution in [1.82, 2.24) is 0 Å². The molecule has 2 rings (SSSR count). The molecule has 0 saturated carbocycles. The molecule has 1 aromatic rings. The molecular formula is C16H25NO6. The van der Waals surface area contributed by atoms with E-state index in [9.17, 15) is 0 Å². The van der Waals surface area contributed by atoms with Crippen LogP contribution in [0.5, 0.6) is 5.75 Å². The van der Waals surface area contributed by atoms with Gasteiger partial charge in [-0.3, -0.25) is 4.84 Å². The number of hydrogen-bond donors (Lipinski definition) is 0. The third-order valence-electron chi connectivity index (χ3n) is 3.15. The molecule has 0 atom stereocenters. The van der Waals surface area contributed by atoms with Gasteiger partial charge in [0.2, 0.25) is 0 Å². The van der Waals surface area contributed by atoms with Gasteiger partial charge in [-0.25, -0.2) is 5.06 Å². The summed E-state index contributed by atoms with van der Waals surface area (Å²) in [5.74, 6) is 0.722. The molecule has 1 aliphatic rings. The molecule has 1 fully saturated rings. The number of hydrogen-bond acceptors (Lipinski definition) is 7. The van der Waals surface area contributed by atoms with Crippen LogP contribution in [-0.2, 0) is 23.8 Å². The summed E-state index contributed by atoms with van der Waals surface area (Å²) in [4.78, 5) is 5.77. The average Bonchev–Trinajstić information content (AvgIpc) is 2.60. The summed E-state index contributed by atoms with van der Waals surface area (Å²) in [6, 6.07) is 7.63. The Labute approximate surface area is 136 Å². The molecule has 1 aromatic carbocycles. The molecule has 7 heteroatoms. The number of hydroxylamine groups is 1. The summed E-state index contributed by atoms with van der Waals surface area (Å²) in [6.45, 7) is 4.36.